The Bertz CT molecular complexity index is 876. The van der Waals surface area contributed by atoms with Crippen molar-refractivity contribution in [1.82, 2.24) is 19.8 Å². The van der Waals surface area contributed by atoms with Gasteiger partial charge >= 0.3 is 0 Å². The highest BCUT2D eigenvalue weighted by Gasteiger charge is 2.31. The van der Waals surface area contributed by atoms with Gasteiger partial charge in [-0.25, -0.2) is 5.43 Å². The molecule has 134 valence electrons. The normalized spacial score (nSPS) is 20.6. The highest BCUT2D eigenvalue weighted by molar-refractivity contribution is 5.79. The molecule has 4 rings (SSSR count). The number of fused-ring (bicyclic) bond motifs is 1. The molecule has 1 fully saturated rings. The zero-order valence-electron chi connectivity index (χ0n) is 15.2. The second-order valence-corrected chi connectivity index (χ2v) is 7.63. The van der Waals surface area contributed by atoms with Crippen LogP contribution in [0.5, 0.6) is 0 Å². The Hall–Kier alpha value is -2.12. The Morgan fingerprint density at radius 3 is 2.68 bits per heavy atom. The van der Waals surface area contributed by atoms with E-state index in [1.165, 1.54) is 18.5 Å². The fourth-order valence-electron chi connectivity index (χ4n) is 3.49. The van der Waals surface area contributed by atoms with Crippen LogP contribution in [0.2, 0.25) is 0 Å². The number of nitrogens with zero attached hydrogens (tertiary/aromatic N) is 3. The van der Waals surface area contributed by atoms with Gasteiger partial charge in [-0.15, -0.1) is 0 Å². The molecule has 2 aromatic rings. The van der Waals surface area contributed by atoms with Gasteiger partial charge in [0, 0.05) is 36.5 Å². The molecule has 0 amide bonds. The number of pyridine rings is 1. The summed E-state index contributed by atoms with van der Waals surface area (Å²) in [7, 11) is 1.99. The van der Waals surface area contributed by atoms with Gasteiger partial charge in [0.25, 0.3) is 5.56 Å². The van der Waals surface area contributed by atoms with Crippen LogP contribution in [-0.4, -0.2) is 14.3 Å². The number of aryl methyl sites for hydroxylation is 1. The number of rotatable bonds is 4. The first-order chi connectivity index (χ1) is 11.9. The van der Waals surface area contributed by atoms with Crippen molar-refractivity contribution in [2.45, 2.75) is 51.7 Å². The first-order valence-electron chi connectivity index (χ1n) is 8.99. The highest BCUT2D eigenvalue weighted by Crippen LogP contribution is 2.42. The van der Waals surface area contributed by atoms with Crippen LogP contribution >= 0.6 is 0 Å². The molecule has 2 aromatic heterocycles. The Kier molecular flexibility index (Phi) is 3.73. The molecule has 1 aliphatic carbocycles. The van der Waals surface area contributed by atoms with Gasteiger partial charge in [-0.2, -0.15) is 5.10 Å². The standard InChI is InChI=1S/C18H26N6O/c1-9(2)10(3)24-8-12(16-15(18(24)25)17(19)21-20-16)13-7-14(11-5-6-11)23(4)22-13/h7-11,17,20-21H,5-6,19H2,1-4H3/t10-,17?/m0/s1. The van der Waals surface area contributed by atoms with E-state index in [9.17, 15) is 4.79 Å². The lowest BCUT2D eigenvalue weighted by molar-refractivity contribution is 0.396. The molecule has 2 aliphatic rings. The second-order valence-electron chi connectivity index (χ2n) is 7.63. The van der Waals surface area contributed by atoms with E-state index in [1.807, 2.05) is 17.9 Å². The van der Waals surface area contributed by atoms with Crippen LogP contribution in [0.15, 0.2) is 17.1 Å². The van der Waals surface area contributed by atoms with Gasteiger partial charge in [-0.05, 0) is 31.7 Å². The smallest absolute Gasteiger partial charge is 0.259 e. The molecule has 3 heterocycles. The number of hydrogen-bond donors (Lipinski definition) is 3. The monoisotopic (exact) mass is 342 g/mol. The minimum Gasteiger partial charge on any atom is -0.318 e. The summed E-state index contributed by atoms with van der Waals surface area (Å²) < 4.78 is 3.77. The molecule has 0 saturated heterocycles. The van der Waals surface area contributed by atoms with Crippen LogP contribution in [0, 0.1) is 5.92 Å². The van der Waals surface area contributed by atoms with Gasteiger partial charge in [0.1, 0.15) is 6.17 Å². The first-order valence-corrected chi connectivity index (χ1v) is 8.99. The Morgan fingerprint density at radius 2 is 2.04 bits per heavy atom. The first kappa shape index (κ1) is 16.4. The number of aromatic nitrogens is 3. The van der Waals surface area contributed by atoms with Crippen LogP contribution in [0.1, 0.15) is 63.0 Å². The van der Waals surface area contributed by atoms with E-state index in [0.29, 0.717) is 17.4 Å². The predicted octanol–water partition coefficient (Wildman–Crippen LogP) is 2.23. The zero-order chi connectivity index (χ0) is 17.9. The van der Waals surface area contributed by atoms with Gasteiger partial charge in [0.15, 0.2) is 0 Å². The average Bonchev–Trinajstić information content (AvgIpc) is 3.23. The molecule has 0 aromatic carbocycles. The minimum absolute atomic E-state index is 0.0386. The van der Waals surface area contributed by atoms with Crippen molar-refractivity contribution >= 4 is 5.69 Å². The highest BCUT2D eigenvalue weighted by atomic mass is 16.1. The lowest BCUT2D eigenvalue weighted by Gasteiger charge is -2.21. The molecule has 25 heavy (non-hydrogen) atoms. The van der Waals surface area contributed by atoms with Crippen LogP contribution in [0.25, 0.3) is 11.3 Å². The number of nitrogens with one attached hydrogen (secondary N) is 2. The van der Waals surface area contributed by atoms with Crippen molar-refractivity contribution in [3.05, 3.63) is 33.9 Å². The molecule has 0 spiro atoms. The van der Waals surface area contributed by atoms with Gasteiger partial charge in [0.2, 0.25) is 0 Å². The number of hydrazine groups is 1. The summed E-state index contributed by atoms with van der Waals surface area (Å²) in [6.07, 6.45) is 3.87. The van der Waals surface area contributed by atoms with Crippen molar-refractivity contribution in [2.75, 3.05) is 5.43 Å². The molecule has 1 unspecified atom stereocenters. The molecule has 2 atom stereocenters. The number of anilines is 1. The fourth-order valence-corrected chi connectivity index (χ4v) is 3.49. The van der Waals surface area contributed by atoms with Gasteiger partial charge < -0.3 is 15.7 Å². The molecular weight excluding hydrogens is 316 g/mol. The third kappa shape index (κ3) is 2.58. The summed E-state index contributed by atoms with van der Waals surface area (Å²) in [6.45, 7) is 6.30. The molecule has 4 N–H and O–H groups in total. The van der Waals surface area contributed by atoms with Gasteiger partial charge in [-0.3, -0.25) is 9.48 Å². The largest absolute Gasteiger partial charge is 0.318 e. The summed E-state index contributed by atoms with van der Waals surface area (Å²) in [5.74, 6) is 0.959. The van der Waals surface area contributed by atoms with E-state index >= 15 is 0 Å². The van der Waals surface area contributed by atoms with Crippen molar-refractivity contribution in [1.29, 1.82) is 0 Å². The maximum absolute atomic E-state index is 13.0. The Balaban J connectivity index is 1.91. The van der Waals surface area contributed by atoms with Crippen LogP contribution in [-0.2, 0) is 7.05 Å². The van der Waals surface area contributed by atoms with Gasteiger partial charge in [-0.1, -0.05) is 13.8 Å². The third-order valence-corrected chi connectivity index (χ3v) is 5.53. The molecular formula is C18H26N6O. The van der Waals surface area contributed by atoms with Crippen molar-refractivity contribution in [3.63, 3.8) is 0 Å². The molecule has 0 bridgehead atoms. The van der Waals surface area contributed by atoms with E-state index in [4.69, 9.17) is 10.8 Å². The van der Waals surface area contributed by atoms with Crippen molar-refractivity contribution < 1.29 is 0 Å². The van der Waals surface area contributed by atoms with E-state index in [2.05, 4.69) is 37.7 Å². The maximum Gasteiger partial charge on any atom is 0.259 e. The van der Waals surface area contributed by atoms with Crippen LogP contribution in [0.4, 0.5) is 5.69 Å². The Morgan fingerprint density at radius 1 is 1.32 bits per heavy atom. The molecule has 7 heteroatoms. The lowest BCUT2D eigenvalue weighted by Crippen LogP contribution is -2.33. The quantitative estimate of drug-likeness (QED) is 0.793. The zero-order valence-corrected chi connectivity index (χ0v) is 15.2. The third-order valence-electron chi connectivity index (χ3n) is 5.53. The Labute approximate surface area is 147 Å². The van der Waals surface area contributed by atoms with E-state index in [1.54, 1.807) is 4.57 Å². The number of nitrogens with two attached hydrogens (primary N) is 1. The lowest BCUT2D eigenvalue weighted by atomic mass is 10.0. The summed E-state index contributed by atoms with van der Waals surface area (Å²) in [5, 5.41) is 4.71. The summed E-state index contributed by atoms with van der Waals surface area (Å²) in [6, 6.07) is 2.23. The van der Waals surface area contributed by atoms with E-state index in [-0.39, 0.29) is 11.6 Å². The molecule has 1 aliphatic heterocycles. The summed E-state index contributed by atoms with van der Waals surface area (Å²) in [5.41, 5.74) is 16.5. The molecule has 1 saturated carbocycles. The summed E-state index contributed by atoms with van der Waals surface area (Å²) >= 11 is 0. The second kappa shape index (κ2) is 5.71. The maximum atomic E-state index is 13.0. The van der Waals surface area contributed by atoms with Crippen LogP contribution in [0.3, 0.4) is 0 Å². The summed E-state index contributed by atoms with van der Waals surface area (Å²) in [4.78, 5) is 13.0. The van der Waals surface area contributed by atoms with E-state index in [0.717, 1.165) is 16.9 Å². The van der Waals surface area contributed by atoms with Gasteiger partial charge in [0.05, 0.1) is 16.9 Å². The predicted molar refractivity (Wildman–Crippen MR) is 98.1 cm³/mol. The van der Waals surface area contributed by atoms with Crippen LogP contribution < -0.4 is 22.1 Å². The van der Waals surface area contributed by atoms with Crippen molar-refractivity contribution in [3.8, 4) is 11.3 Å². The average molecular weight is 342 g/mol. The van der Waals surface area contributed by atoms with Crippen molar-refractivity contribution in [2.24, 2.45) is 18.7 Å². The SMILES string of the molecule is CC(C)[C@H](C)n1cc(-c2cc(C3CC3)n(C)n2)c2c(c1=O)C(N)NN2. The fraction of sp³-hybridized carbons (Fsp3) is 0.556. The molecule has 0 radical (unpaired) electrons. The molecule has 7 nitrogen and oxygen atoms in total. The minimum atomic E-state index is -0.514. The number of hydrogen-bond acceptors (Lipinski definition) is 5. The van der Waals surface area contributed by atoms with E-state index < -0.39 is 6.17 Å². The topological polar surface area (TPSA) is 89.9 Å².